The molecule has 0 aromatic heterocycles. The molecule has 0 aliphatic heterocycles. The second-order valence-electron chi connectivity index (χ2n) is 4.79. The van der Waals surface area contributed by atoms with Crippen molar-refractivity contribution < 1.29 is 9.53 Å². The van der Waals surface area contributed by atoms with Crippen LogP contribution >= 0.6 is 0 Å². The van der Waals surface area contributed by atoms with Crippen LogP contribution in [0.2, 0.25) is 0 Å². The van der Waals surface area contributed by atoms with E-state index < -0.39 is 0 Å². The molecule has 21 heavy (non-hydrogen) atoms. The van der Waals surface area contributed by atoms with Gasteiger partial charge in [0.05, 0.1) is 5.69 Å². The zero-order valence-electron chi connectivity index (χ0n) is 11.9. The highest BCUT2D eigenvalue weighted by Crippen LogP contribution is 2.23. The van der Waals surface area contributed by atoms with Crippen molar-refractivity contribution in [1.82, 2.24) is 0 Å². The average molecular weight is 278 g/mol. The molecule has 0 saturated carbocycles. The average Bonchev–Trinajstić information content (AvgIpc) is 2.45. The molecule has 0 atom stereocenters. The van der Waals surface area contributed by atoms with Gasteiger partial charge in [-0.2, -0.15) is 4.99 Å². The van der Waals surface area contributed by atoms with Crippen molar-refractivity contribution in [3.63, 3.8) is 0 Å². The number of aryl methyl sites for hydroxylation is 2. The summed E-state index contributed by atoms with van der Waals surface area (Å²) in [5.74, 6) is 0.577. The van der Waals surface area contributed by atoms with Crippen molar-refractivity contribution >= 4 is 11.8 Å². The minimum Gasteiger partial charge on any atom is -0.388 e. The third kappa shape index (κ3) is 3.56. The van der Waals surface area contributed by atoms with Crippen LogP contribution in [0.4, 0.5) is 5.69 Å². The number of nitriles is 1. The Hall–Kier alpha value is -2.89. The van der Waals surface area contributed by atoms with E-state index in [1.54, 1.807) is 18.4 Å². The Morgan fingerprint density at radius 1 is 1.10 bits per heavy atom. The van der Waals surface area contributed by atoms with Crippen LogP contribution in [-0.2, 0) is 11.2 Å². The van der Waals surface area contributed by atoms with Crippen LogP contribution in [0.3, 0.4) is 0 Å². The molecule has 2 aromatic rings. The lowest BCUT2D eigenvalue weighted by Gasteiger charge is -2.07. The fourth-order valence-electron chi connectivity index (χ4n) is 2.22. The topological polar surface area (TPSA) is 62.4 Å². The lowest BCUT2D eigenvalue weighted by molar-refractivity contribution is 0.503. The van der Waals surface area contributed by atoms with E-state index in [-0.39, 0.29) is 0 Å². The Morgan fingerprint density at radius 2 is 1.76 bits per heavy atom. The van der Waals surface area contributed by atoms with E-state index in [2.05, 4.69) is 4.99 Å². The van der Waals surface area contributed by atoms with Crippen LogP contribution in [0.1, 0.15) is 22.3 Å². The first-order valence-electron chi connectivity index (χ1n) is 6.47. The molecule has 0 fully saturated rings. The molecule has 104 valence electrons. The highest BCUT2D eigenvalue weighted by Gasteiger charge is 2.04. The molecule has 2 aromatic carbocycles. The largest absolute Gasteiger partial charge is 0.388 e. The van der Waals surface area contributed by atoms with Gasteiger partial charge in [0.25, 0.3) is 6.26 Å². The summed E-state index contributed by atoms with van der Waals surface area (Å²) in [6, 6.07) is 11.5. The summed E-state index contributed by atoms with van der Waals surface area (Å²) in [5, 5.41) is 8.54. The summed E-state index contributed by atoms with van der Waals surface area (Å²) < 4.78 is 4.86. The summed E-state index contributed by atoms with van der Waals surface area (Å²) in [4.78, 5) is 13.9. The predicted molar refractivity (Wildman–Crippen MR) is 79.2 cm³/mol. The molecular weight excluding hydrogens is 264 g/mol. The molecule has 4 nitrogen and oxygen atoms in total. The second kappa shape index (κ2) is 6.51. The summed E-state index contributed by atoms with van der Waals surface area (Å²) in [6.45, 7) is 3.82. The van der Waals surface area contributed by atoms with Crippen molar-refractivity contribution in [3.05, 3.63) is 58.7 Å². The van der Waals surface area contributed by atoms with Crippen molar-refractivity contribution in [2.75, 3.05) is 0 Å². The minimum atomic E-state index is 0.577. The quantitative estimate of drug-likeness (QED) is 0.486. The normalized spacial score (nSPS) is 9.57. The maximum Gasteiger partial charge on any atom is 0.292 e. The van der Waals surface area contributed by atoms with Crippen LogP contribution in [0, 0.1) is 25.4 Å². The van der Waals surface area contributed by atoms with E-state index in [4.69, 9.17) is 10.00 Å². The molecule has 0 N–H and O–H groups in total. The van der Waals surface area contributed by atoms with Crippen LogP contribution in [0.15, 0.2) is 41.4 Å². The predicted octanol–water partition coefficient (Wildman–Crippen LogP) is 3.72. The van der Waals surface area contributed by atoms with Gasteiger partial charge in [-0.3, -0.25) is 0 Å². The number of carbonyl (C=O) groups excluding carboxylic acids is 1. The van der Waals surface area contributed by atoms with E-state index in [1.165, 1.54) is 0 Å². The van der Waals surface area contributed by atoms with Gasteiger partial charge in [-0.05, 0) is 54.7 Å². The smallest absolute Gasteiger partial charge is 0.292 e. The Bertz CT molecular complexity index is 754. The number of hydrogen-bond acceptors (Lipinski definition) is 4. The first kappa shape index (κ1) is 14.5. The van der Waals surface area contributed by atoms with Crippen molar-refractivity contribution in [2.45, 2.75) is 20.3 Å². The standard InChI is InChI=1S/C17H14N2O2/c1-12-7-14(3-5-16(12)19-11-20)9-15-4-6-17(21-10-18)13(2)8-15/h3-8H,9H2,1-2H3. The van der Waals surface area contributed by atoms with E-state index in [0.29, 0.717) is 11.4 Å². The Balaban J connectivity index is 2.22. The molecule has 2 rings (SSSR count). The van der Waals surface area contributed by atoms with E-state index in [0.717, 1.165) is 28.7 Å². The van der Waals surface area contributed by atoms with E-state index in [1.807, 2.05) is 44.2 Å². The summed E-state index contributed by atoms with van der Waals surface area (Å²) >= 11 is 0. The SMILES string of the molecule is Cc1cc(Cc2ccc(OC#N)c(C)c2)ccc1N=C=O. The Morgan fingerprint density at radius 3 is 2.33 bits per heavy atom. The fourth-order valence-corrected chi connectivity index (χ4v) is 2.22. The van der Waals surface area contributed by atoms with Gasteiger partial charge < -0.3 is 4.74 Å². The molecule has 0 amide bonds. The number of nitrogens with zero attached hydrogens (tertiary/aromatic N) is 2. The maximum atomic E-state index is 10.3. The first-order chi connectivity index (χ1) is 10.1. The van der Waals surface area contributed by atoms with E-state index >= 15 is 0 Å². The third-order valence-corrected chi connectivity index (χ3v) is 3.23. The number of hydrogen-bond donors (Lipinski definition) is 0. The van der Waals surface area contributed by atoms with E-state index in [9.17, 15) is 4.79 Å². The van der Waals surface area contributed by atoms with Gasteiger partial charge >= 0.3 is 0 Å². The maximum absolute atomic E-state index is 10.3. The van der Waals surface area contributed by atoms with Crippen LogP contribution in [-0.4, -0.2) is 6.08 Å². The highest BCUT2D eigenvalue weighted by molar-refractivity contribution is 5.54. The fraction of sp³-hybridized carbons (Fsp3) is 0.176. The molecule has 0 bridgehead atoms. The van der Waals surface area contributed by atoms with Crippen LogP contribution in [0.5, 0.6) is 5.75 Å². The third-order valence-electron chi connectivity index (χ3n) is 3.23. The summed E-state index contributed by atoms with van der Waals surface area (Å²) in [7, 11) is 0. The number of isocyanates is 1. The molecular formula is C17H14N2O2. The molecule has 0 saturated heterocycles. The summed E-state index contributed by atoms with van der Waals surface area (Å²) in [6.07, 6.45) is 4.00. The summed E-state index contributed by atoms with van der Waals surface area (Å²) in [5.41, 5.74) is 4.77. The van der Waals surface area contributed by atoms with Crippen molar-refractivity contribution in [2.24, 2.45) is 4.99 Å². The lowest BCUT2D eigenvalue weighted by Crippen LogP contribution is -1.92. The van der Waals surface area contributed by atoms with Gasteiger partial charge in [0.2, 0.25) is 6.08 Å². The number of aliphatic imine (C=N–C) groups is 1. The van der Waals surface area contributed by atoms with Gasteiger partial charge in [-0.25, -0.2) is 4.79 Å². The van der Waals surface area contributed by atoms with Crippen molar-refractivity contribution in [1.29, 1.82) is 5.26 Å². The van der Waals surface area contributed by atoms with Gasteiger partial charge in [-0.1, -0.05) is 24.3 Å². The monoisotopic (exact) mass is 278 g/mol. The van der Waals surface area contributed by atoms with Crippen molar-refractivity contribution in [3.8, 4) is 12.0 Å². The number of ether oxygens (including phenoxy) is 1. The molecule has 0 heterocycles. The molecule has 0 radical (unpaired) electrons. The molecule has 0 aliphatic rings. The first-order valence-corrected chi connectivity index (χ1v) is 6.47. The number of benzene rings is 2. The molecule has 4 heteroatoms. The van der Waals surface area contributed by atoms with Crippen LogP contribution < -0.4 is 4.74 Å². The molecule has 0 spiro atoms. The van der Waals surface area contributed by atoms with Gasteiger partial charge in [0.15, 0.2) is 0 Å². The van der Waals surface area contributed by atoms with Gasteiger partial charge in [0, 0.05) is 0 Å². The number of rotatable bonds is 4. The Kier molecular flexibility index (Phi) is 4.50. The van der Waals surface area contributed by atoms with Gasteiger partial charge in [0.1, 0.15) is 5.75 Å². The highest BCUT2D eigenvalue weighted by atomic mass is 16.5. The zero-order valence-corrected chi connectivity index (χ0v) is 11.9. The lowest BCUT2D eigenvalue weighted by atomic mass is 10.0. The second-order valence-corrected chi connectivity index (χ2v) is 4.79. The molecule has 0 unspecified atom stereocenters. The van der Waals surface area contributed by atoms with Gasteiger partial charge in [-0.15, -0.1) is 5.26 Å². The minimum absolute atomic E-state index is 0.577. The zero-order chi connectivity index (χ0) is 15.2. The van der Waals surface area contributed by atoms with Crippen LogP contribution in [0.25, 0.3) is 0 Å². The molecule has 0 aliphatic carbocycles. The Labute approximate surface area is 123 Å².